The summed E-state index contributed by atoms with van der Waals surface area (Å²) < 4.78 is 2.11. The summed E-state index contributed by atoms with van der Waals surface area (Å²) in [7, 11) is 0. The molecular formula is C18H21N5O. The van der Waals surface area contributed by atoms with Crippen LogP contribution in [0.25, 0.3) is 16.9 Å². The van der Waals surface area contributed by atoms with Gasteiger partial charge in [0.25, 0.3) is 0 Å². The van der Waals surface area contributed by atoms with Gasteiger partial charge in [0.1, 0.15) is 0 Å². The van der Waals surface area contributed by atoms with Crippen LogP contribution in [0.1, 0.15) is 0 Å². The Labute approximate surface area is 141 Å². The van der Waals surface area contributed by atoms with Gasteiger partial charge in [0.15, 0.2) is 11.5 Å². The van der Waals surface area contributed by atoms with Crippen molar-refractivity contribution in [1.82, 2.24) is 19.3 Å². The smallest absolute Gasteiger partial charge is 0.180 e. The molecule has 4 rings (SSSR count). The summed E-state index contributed by atoms with van der Waals surface area (Å²) in [6, 6.07) is 10.3. The number of benzene rings is 1. The van der Waals surface area contributed by atoms with Gasteiger partial charge in [-0.05, 0) is 0 Å². The Bertz CT molecular complexity index is 809. The van der Waals surface area contributed by atoms with Crippen molar-refractivity contribution in [2.45, 2.75) is 0 Å². The van der Waals surface area contributed by atoms with Gasteiger partial charge in [0, 0.05) is 50.7 Å². The molecule has 0 saturated carbocycles. The first-order chi connectivity index (χ1) is 11.9. The Kier molecular flexibility index (Phi) is 4.15. The molecule has 1 aromatic carbocycles. The minimum atomic E-state index is 0.217. The molecule has 6 nitrogen and oxygen atoms in total. The topological polar surface area (TPSA) is 56.9 Å². The van der Waals surface area contributed by atoms with E-state index in [9.17, 15) is 0 Å². The van der Waals surface area contributed by atoms with Crippen molar-refractivity contribution in [1.29, 1.82) is 0 Å². The number of aliphatic hydroxyl groups excluding tert-OH is 1. The number of piperazine rings is 1. The van der Waals surface area contributed by atoms with Crippen LogP contribution in [0.3, 0.4) is 0 Å². The maximum Gasteiger partial charge on any atom is 0.180 e. The second-order valence-corrected chi connectivity index (χ2v) is 6.01. The summed E-state index contributed by atoms with van der Waals surface area (Å²) in [5.41, 5.74) is 3.07. The molecule has 1 fully saturated rings. The first-order valence-electron chi connectivity index (χ1n) is 8.32. The van der Waals surface area contributed by atoms with Crippen molar-refractivity contribution in [3.63, 3.8) is 0 Å². The van der Waals surface area contributed by atoms with Crippen LogP contribution in [-0.4, -0.2) is 63.7 Å². The van der Waals surface area contributed by atoms with Gasteiger partial charge in [-0.2, -0.15) is 0 Å². The van der Waals surface area contributed by atoms with Crippen LogP contribution in [0.2, 0.25) is 0 Å². The zero-order valence-electron chi connectivity index (χ0n) is 13.5. The van der Waals surface area contributed by atoms with Crippen LogP contribution >= 0.6 is 0 Å². The molecule has 0 spiro atoms. The minimum Gasteiger partial charge on any atom is -0.395 e. The normalized spacial score (nSPS) is 16.0. The quantitative estimate of drug-likeness (QED) is 0.789. The number of rotatable bonds is 4. The van der Waals surface area contributed by atoms with E-state index >= 15 is 0 Å². The minimum absolute atomic E-state index is 0.217. The van der Waals surface area contributed by atoms with Crippen LogP contribution in [0, 0.1) is 0 Å². The fourth-order valence-corrected chi connectivity index (χ4v) is 3.28. The number of fused-ring (bicyclic) bond motifs is 1. The molecule has 1 saturated heterocycles. The summed E-state index contributed by atoms with van der Waals surface area (Å²) >= 11 is 0. The van der Waals surface area contributed by atoms with Gasteiger partial charge in [-0.1, -0.05) is 30.3 Å². The summed E-state index contributed by atoms with van der Waals surface area (Å²) in [4.78, 5) is 13.8. The Balaban J connectivity index is 1.66. The monoisotopic (exact) mass is 323 g/mol. The van der Waals surface area contributed by atoms with Crippen molar-refractivity contribution in [2.75, 3.05) is 44.2 Å². The number of aliphatic hydroxyl groups is 1. The lowest BCUT2D eigenvalue weighted by Gasteiger charge is -2.35. The third-order valence-corrected chi connectivity index (χ3v) is 4.57. The highest BCUT2D eigenvalue weighted by Crippen LogP contribution is 2.25. The first kappa shape index (κ1) is 15.1. The number of β-amino-alcohol motifs (C(OH)–C–C–N with tert-alkyl or cyclic N) is 1. The molecule has 0 unspecified atom stereocenters. The van der Waals surface area contributed by atoms with E-state index in [1.807, 2.05) is 36.8 Å². The highest BCUT2D eigenvalue weighted by atomic mass is 16.3. The Hall–Kier alpha value is -2.44. The zero-order chi connectivity index (χ0) is 16.4. The van der Waals surface area contributed by atoms with Crippen molar-refractivity contribution in [2.24, 2.45) is 0 Å². The zero-order valence-corrected chi connectivity index (χ0v) is 13.5. The van der Waals surface area contributed by atoms with E-state index in [0.29, 0.717) is 0 Å². The molecule has 2 aromatic heterocycles. The average molecular weight is 323 g/mol. The number of hydrogen-bond acceptors (Lipinski definition) is 5. The number of imidazole rings is 1. The third kappa shape index (κ3) is 2.74. The van der Waals surface area contributed by atoms with Crippen LogP contribution in [0.5, 0.6) is 0 Å². The second-order valence-electron chi connectivity index (χ2n) is 6.01. The highest BCUT2D eigenvalue weighted by molar-refractivity contribution is 5.71. The Morgan fingerprint density at radius 1 is 1.00 bits per heavy atom. The van der Waals surface area contributed by atoms with Gasteiger partial charge in [-0.3, -0.25) is 9.30 Å². The van der Waals surface area contributed by atoms with Crippen molar-refractivity contribution in [3.8, 4) is 11.3 Å². The van der Waals surface area contributed by atoms with E-state index in [-0.39, 0.29) is 6.61 Å². The molecule has 0 atom stereocenters. The predicted molar refractivity (Wildman–Crippen MR) is 94.2 cm³/mol. The Morgan fingerprint density at radius 2 is 1.79 bits per heavy atom. The number of anilines is 1. The van der Waals surface area contributed by atoms with Crippen LogP contribution < -0.4 is 4.90 Å². The van der Waals surface area contributed by atoms with Gasteiger partial charge in [-0.25, -0.2) is 9.97 Å². The summed E-state index contributed by atoms with van der Waals surface area (Å²) in [5, 5.41) is 9.07. The molecule has 0 amide bonds. The highest BCUT2D eigenvalue weighted by Gasteiger charge is 2.21. The Morgan fingerprint density at radius 3 is 2.54 bits per heavy atom. The second kappa shape index (κ2) is 6.59. The lowest BCUT2D eigenvalue weighted by Crippen LogP contribution is -2.47. The average Bonchev–Trinajstić information content (AvgIpc) is 3.12. The van der Waals surface area contributed by atoms with Crippen LogP contribution in [-0.2, 0) is 0 Å². The van der Waals surface area contributed by atoms with E-state index in [2.05, 4.69) is 31.3 Å². The molecule has 6 heteroatoms. The SMILES string of the molecule is OCCN1CCN(c2ncc(-c3ccccc3)n3ccnc23)CC1. The number of hydrogen-bond donors (Lipinski definition) is 1. The van der Waals surface area contributed by atoms with Gasteiger partial charge in [-0.15, -0.1) is 0 Å². The molecule has 1 aliphatic rings. The van der Waals surface area contributed by atoms with E-state index in [0.717, 1.165) is 55.4 Å². The van der Waals surface area contributed by atoms with Crippen molar-refractivity contribution >= 4 is 11.5 Å². The molecule has 1 aliphatic heterocycles. The maximum atomic E-state index is 9.07. The van der Waals surface area contributed by atoms with Crippen LogP contribution in [0.4, 0.5) is 5.82 Å². The molecule has 0 aliphatic carbocycles. The summed E-state index contributed by atoms with van der Waals surface area (Å²) in [6.45, 7) is 4.65. The molecule has 124 valence electrons. The molecular weight excluding hydrogens is 302 g/mol. The summed E-state index contributed by atoms with van der Waals surface area (Å²) in [6.07, 6.45) is 5.75. The molecule has 1 N–H and O–H groups in total. The lowest BCUT2D eigenvalue weighted by molar-refractivity contribution is 0.188. The lowest BCUT2D eigenvalue weighted by atomic mass is 10.1. The van der Waals surface area contributed by atoms with Gasteiger partial charge >= 0.3 is 0 Å². The predicted octanol–water partition coefficient (Wildman–Crippen LogP) is 1.51. The largest absolute Gasteiger partial charge is 0.395 e. The fourth-order valence-electron chi connectivity index (χ4n) is 3.28. The van der Waals surface area contributed by atoms with E-state index in [4.69, 9.17) is 10.1 Å². The van der Waals surface area contributed by atoms with E-state index < -0.39 is 0 Å². The van der Waals surface area contributed by atoms with Gasteiger partial charge in [0.2, 0.25) is 0 Å². The molecule has 3 heterocycles. The van der Waals surface area contributed by atoms with E-state index in [1.165, 1.54) is 0 Å². The molecule has 0 radical (unpaired) electrons. The van der Waals surface area contributed by atoms with Crippen molar-refractivity contribution in [3.05, 3.63) is 48.9 Å². The summed E-state index contributed by atoms with van der Waals surface area (Å²) in [5.74, 6) is 0.934. The number of nitrogens with zero attached hydrogens (tertiary/aromatic N) is 5. The molecule has 0 bridgehead atoms. The van der Waals surface area contributed by atoms with E-state index in [1.54, 1.807) is 0 Å². The third-order valence-electron chi connectivity index (χ3n) is 4.57. The molecule has 24 heavy (non-hydrogen) atoms. The standard InChI is InChI=1S/C18H21N5O/c24-13-12-21-8-10-22(11-9-21)17-18-19-6-7-23(18)16(14-20-17)15-4-2-1-3-5-15/h1-7,14,24H,8-13H2. The maximum absolute atomic E-state index is 9.07. The number of aromatic nitrogens is 3. The first-order valence-corrected chi connectivity index (χ1v) is 8.32. The van der Waals surface area contributed by atoms with Crippen LogP contribution in [0.15, 0.2) is 48.9 Å². The van der Waals surface area contributed by atoms with Gasteiger partial charge < -0.3 is 10.0 Å². The molecule has 3 aromatic rings. The van der Waals surface area contributed by atoms with Crippen molar-refractivity contribution < 1.29 is 5.11 Å². The van der Waals surface area contributed by atoms with Gasteiger partial charge in [0.05, 0.1) is 18.5 Å². The fraction of sp³-hybridized carbons (Fsp3) is 0.333.